The van der Waals surface area contributed by atoms with Gasteiger partial charge in [-0.3, -0.25) is 0 Å². The smallest absolute Gasteiger partial charge is 0.175 e. The number of ether oxygens (including phenoxy) is 3. The zero-order valence-corrected chi connectivity index (χ0v) is 38.7. The molecular formula is C54H78O4. The molecule has 1 N–H and O–H groups in total. The number of fused-ring (bicyclic) bond motifs is 2. The summed E-state index contributed by atoms with van der Waals surface area (Å²) in [6.07, 6.45) is 30.8. The number of aromatic hydroxyl groups is 1. The van der Waals surface area contributed by atoms with E-state index in [1.807, 2.05) is 6.92 Å². The Balaban J connectivity index is 1.33. The minimum Gasteiger partial charge on any atom is -0.504 e. The molecule has 4 heteroatoms. The van der Waals surface area contributed by atoms with Gasteiger partial charge < -0.3 is 19.3 Å². The molecule has 4 nitrogen and oxygen atoms in total. The monoisotopic (exact) mass is 791 g/mol. The van der Waals surface area contributed by atoms with Gasteiger partial charge in [-0.05, 0) is 221 Å². The molecule has 2 aliphatic rings. The predicted molar refractivity (Wildman–Crippen MR) is 248 cm³/mol. The lowest BCUT2D eigenvalue weighted by Gasteiger charge is -2.38. The van der Waals surface area contributed by atoms with E-state index < -0.39 is 0 Å². The summed E-state index contributed by atoms with van der Waals surface area (Å²) in [5.41, 5.74) is 12.3. The largest absolute Gasteiger partial charge is 0.504 e. The third-order valence-corrected chi connectivity index (χ3v) is 12.1. The lowest BCUT2D eigenvalue weighted by molar-refractivity contribution is 0.0550. The van der Waals surface area contributed by atoms with E-state index in [9.17, 15) is 5.11 Å². The molecule has 58 heavy (non-hydrogen) atoms. The van der Waals surface area contributed by atoms with Crippen molar-refractivity contribution in [3.63, 3.8) is 0 Å². The second kappa shape index (κ2) is 21.9. The third kappa shape index (κ3) is 14.7. The van der Waals surface area contributed by atoms with Crippen LogP contribution in [0.1, 0.15) is 181 Å². The first-order chi connectivity index (χ1) is 27.5. The lowest BCUT2D eigenvalue weighted by Crippen LogP contribution is -2.36. The van der Waals surface area contributed by atoms with Crippen LogP contribution in [-0.2, 0) is 12.8 Å². The summed E-state index contributed by atoms with van der Waals surface area (Å²) in [5.74, 6) is 3.25. The zero-order chi connectivity index (χ0) is 42.5. The van der Waals surface area contributed by atoms with E-state index in [2.05, 4.69) is 125 Å². The van der Waals surface area contributed by atoms with Crippen LogP contribution < -0.4 is 14.2 Å². The Labute approximate surface area is 354 Å². The minimum absolute atomic E-state index is 0.163. The van der Waals surface area contributed by atoms with Gasteiger partial charge in [0, 0.05) is 5.56 Å². The molecule has 2 aromatic rings. The molecule has 2 heterocycles. The van der Waals surface area contributed by atoms with Crippen molar-refractivity contribution in [2.75, 3.05) is 0 Å². The fraction of sp³-hybridized carbons (Fsp3) is 0.556. The molecule has 2 atom stereocenters. The van der Waals surface area contributed by atoms with Crippen molar-refractivity contribution < 1.29 is 19.3 Å². The summed E-state index contributed by atoms with van der Waals surface area (Å²) in [6, 6.07) is 5.96. The second-order valence-electron chi connectivity index (χ2n) is 18.8. The van der Waals surface area contributed by atoms with Gasteiger partial charge in [-0.2, -0.15) is 0 Å². The van der Waals surface area contributed by atoms with Crippen LogP contribution in [0.5, 0.6) is 28.7 Å². The maximum Gasteiger partial charge on any atom is 0.175 e. The Morgan fingerprint density at radius 3 is 1.52 bits per heavy atom. The Morgan fingerprint density at radius 2 is 1.02 bits per heavy atom. The van der Waals surface area contributed by atoms with Crippen molar-refractivity contribution in [3.8, 4) is 28.7 Å². The van der Waals surface area contributed by atoms with Crippen LogP contribution >= 0.6 is 0 Å². The number of aryl methyl sites for hydroxylation is 3. The first-order valence-electron chi connectivity index (χ1n) is 22.4. The number of phenolic OH excluding ortho intramolecular Hbond substituents is 1. The molecule has 2 aromatic carbocycles. The van der Waals surface area contributed by atoms with E-state index in [0.717, 1.165) is 137 Å². The third-order valence-electron chi connectivity index (χ3n) is 12.1. The molecule has 4 rings (SSSR count). The van der Waals surface area contributed by atoms with Gasteiger partial charge in [-0.25, -0.2) is 0 Å². The van der Waals surface area contributed by atoms with Gasteiger partial charge in [0.1, 0.15) is 28.5 Å². The van der Waals surface area contributed by atoms with Gasteiger partial charge >= 0.3 is 0 Å². The first-order valence-corrected chi connectivity index (χ1v) is 22.4. The highest BCUT2D eigenvalue weighted by molar-refractivity contribution is 5.60. The van der Waals surface area contributed by atoms with Gasteiger partial charge in [0.15, 0.2) is 11.5 Å². The van der Waals surface area contributed by atoms with Crippen LogP contribution in [0, 0.1) is 13.8 Å². The lowest BCUT2D eigenvalue weighted by atomic mass is 9.87. The molecule has 0 aliphatic carbocycles. The van der Waals surface area contributed by atoms with Crippen LogP contribution in [0.3, 0.4) is 0 Å². The number of hydrogen-bond acceptors (Lipinski definition) is 4. The topological polar surface area (TPSA) is 47.9 Å². The zero-order valence-electron chi connectivity index (χ0n) is 38.7. The Hall–Kier alpha value is -3.92. The standard InChI is InChI=1S/C54H78O4/c1-38(2)19-13-21-40(5)23-15-25-42(7)27-17-31-53(11)33-29-46-37-47(35-44(9)50(46)57-53)56-52-48-30-34-54(12,58-51(48)45(10)36-49(52)55)32-18-28-43(8)26-16-24-41(6)22-14-20-39(3)4/h19-20,23-24,27-28,35-37,55H,13-18,21-22,25-26,29-34H2,1-12H3/t53-,54+/m0/s1. The molecule has 0 spiro atoms. The summed E-state index contributed by atoms with van der Waals surface area (Å²) >= 11 is 0. The maximum atomic E-state index is 11.2. The second-order valence-corrected chi connectivity index (χ2v) is 18.8. The summed E-state index contributed by atoms with van der Waals surface area (Å²) < 4.78 is 20.2. The molecule has 0 bridgehead atoms. The number of rotatable bonds is 20. The summed E-state index contributed by atoms with van der Waals surface area (Å²) in [4.78, 5) is 0. The number of phenols is 1. The minimum atomic E-state index is -0.271. The molecule has 0 unspecified atom stereocenters. The molecule has 0 fully saturated rings. The summed E-state index contributed by atoms with van der Waals surface area (Å²) in [7, 11) is 0. The van der Waals surface area contributed by atoms with Crippen LogP contribution in [0.4, 0.5) is 0 Å². The molecular weight excluding hydrogens is 713 g/mol. The molecule has 318 valence electrons. The molecule has 0 aromatic heterocycles. The van der Waals surface area contributed by atoms with E-state index in [-0.39, 0.29) is 17.0 Å². The van der Waals surface area contributed by atoms with Crippen molar-refractivity contribution in [2.24, 2.45) is 0 Å². The van der Waals surface area contributed by atoms with Crippen molar-refractivity contribution in [3.05, 3.63) is 110 Å². The average molecular weight is 791 g/mol. The van der Waals surface area contributed by atoms with Gasteiger partial charge in [0.25, 0.3) is 0 Å². The predicted octanol–water partition coefficient (Wildman–Crippen LogP) is 16.4. The quantitative estimate of drug-likeness (QED) is 0.136. The van der Waals surface area contributed by atoms with Gasteiger partial charge in [0.05, 0.1) is 0 Å². The molecule has 2 aliphatic heterocycles. The highest BCUT2D eigenvalue weighted by atomic mass is 16.5. The fourth-order valence-corrected chi connectivity index (χ4v) is 8.30. The van der Waals surface area contributed by atoms with E-state index in [4.69, 9.17) is 14.2 Å². The molecule has 0 radical (unpaired) electrons. The van der Waals surface area contributed by atoms with E-state index in [1.54, 1.807) is 6.07 Å². The molecule has 0 amide bonds. The molecule has 0 saturated carbocycles. The van der Waals surface area contributed by atoms with E-state index >= 15 is 0 Å². The van der Waals surface area contributed by atoms with Crippen molar-refractivity contribution in [2.45, 2.75) is 197 Å². The van der Waals surface area contributed by atoms with Gasteiger partial charge in [-0.1, -0.05) is 69.9 Å². The highest BCUT2D eigenvalue weighted by Crippen LogP contribution is 2.49. The van der Waals surface area contributed by atoms with Crippen LogP contribution in [0.25, 0.3) is 0 Å². The Kier molecular flexibility index (Phi) is 17.7. The average Bonchev–Trinajstić information content (AvgIpc) is 3.13. The maximum absolute atomic E-state index is 11.2. The highest BCUT2D eigenvalue weighted by Gasteiger charge is 2.36. The first kappa shape index (κ1) is 46.8. The molecule has 0 saturated heterocycles. The number of benzene rings is 2. The van der Waals surface area contributed by atoms with Crippen LogP contribution in [0.2, 0.25) is 0 Å². The van der Waals surface area contributed by atoms with Crippen molar-refractivity contribution in [1.29, 1.82) is 0 Å². The van der Waals surface area contributed by atoms with Gasteiger partial charge in [-0.15, -0.1) is 0 Å². The SMILES string of the molecule is CC(C)=CCCC(C)=CCCC(C)=CCC[C@@]1(C)CCc2cc(Oc3c(O)cc(C)c4c3CC[C@@](C)(CCC=C(C)CCC=C(C)CCC=C(C)C)O4)cc(C)c2O1. The van der Waals surface area contributed by atoms with E-state index in [0.29, 0.717) is 5.75 Å². The Bertz CT molecular complexity index is 1890. The number of hydrogen-bond donors (Lipinski definition) is 1. The normalized spacial score (nSPS) is 19.8. The number of allylic oxidation sites excluding steroid dienone is 12. The van der Waals surface area contributed by atoms with Crippen molar-refractivity contribution in [1.82, 2.24) is 0 Å². The van der Waals surface area contributed by atoms with Crippen LogP contribution in [-0.4, -0.2) is 16.3 Å². The van der Waals surface area contributed by atoms with Gasteiger partial charge in [0.2, 0.25) is 0 Å². The van der Waals surface area contributed by atoms with Crippen LogP contribution in [0.15, 0.2) is 88.1 Å². The Morgan fingerprint density at radius 1 is 0.586 bits per heavy atom. The summed E-state index contributed by atoms with van der Waals surface area (Å²) in [6.45, 7) is 26.3. The summed E-state index contributed by atoms with van der Waals surface area (Å²) in [5, 5.41) is 11.2. The van der Waals surface area contributed by atoms with Crippen molar-refractivity contribution >= 4 is 0 Å². The van der Waals surface area contributed by atoms with E-state index in [1.165, 1.54) is 39.0 Å². The fourth-order valence-electron chi connectivity index (χ4n) is 8.30.